The third kappa shape index (κ3) is 2.60. The van der Waals surface area contributed by atoms with E-state index in [1.807, 2.05) is 0 Å². The largest absolute Gasteiger partial charge is 0.204 e. The Hall–Kier alpha value is -2.22. The number of rotatable bonds is 2. The lowest BCUT2D eigenvalue weighted by Crippen LogP contribution is -2.15. The molecule has 0 amide bonds. The first-order valence-corrected chi connectivity index (χ1v) is 8.64. The summed E-state index contributed by atoms with van der Waals surface area (Å²) < 4.78 is 27.7. The van der Waals surface area contributed by atoms with Gasteiger partial charge in [-0.05, 0) is 70.7 Å². The molecule has 0 nitrogen and oxygen atoms in total. The zero-order valence-corrected chi connectivity index (χ0v) is 13.8. The molecular formula is C22H20F2. The van der Waals surface area contributed by atoms with Crippen molar-refractivity contribution < 1.29 is 8.78 Å². The molecule has 0 heterocycles. The molecule has 0 bridgehead atoms. The van der Waals surface area contributed by atoms with Gasteiger partial charge in [0.15, 0.2) is 11.6 Å². The fourth-order valence-corrected chi connectivity index (χ4v) is 3.84. The van der Waals surface area contributed by atoms with Crippen LogP contribution in [-0.4, -0.2) is 0 Å². The van der Waals surface area contributed by atoms with Gasteiger partial charge in [0.2, 0.25) is 0 Å². The zero-order valence-electron chi connectivity index (χ0n) is 13.8. The van der Waals surface area contributed by atoms with E-state index in [0.717, 1.165) is 24.8 Å². The van der Waals surface area contributed by atoms with Gasteiger partial charge >= 0.3 is 0 Å². The summed E-state index contributed by atoms with van der Waals surface area (Å²) >= 11 is 0. The average molecular weight is 322 g/mol. The Morgan fingerprint density at radius 1 is 0.958 bits per heavy atom. The maximum atomic E-state index is 14.1. The molecular weight excluding hydrogens is 302 g/mol. The summed E-state index contributed by atoms with van der Waals surface area (Å²) in [5.41, 5.74) is 4.08. The predicted molar refractivity (Wildman–Crippen MR) is 94.5 cm³/mol. The molecule has 0 aromatic heterocycles. The maximum Gasteiger partial charge on any atom is 0.162 e. The van der Waals surface area contributed by atoms with Crippen molar-refractivity contribution in [3.8, 4) is 0 Å². The van der Waals surface area contributed by atoms with E-state index in [2.05, 4.69) is 43.3 Å². The molecule has 1 aliphatic rings. The van der Waals surface area contributed by atoms with Crippen LogP contribution >= 0.6 is 0 Å². The van der Waals surface area contributed by atoms with E-state index in [-0.39, 0.29) is 5.92 Å². The first kappa shape index (κ1) is 15.3. The lowest BCUT2D eigenvalue weighted by Gasteiger charge is -2.25. The normalized spacial score (nSPS) is 17.0. The van der Waals surface area contributed by atoms with Crippen molar-refractivity contribution in [1.82, 2.24) is 0 Å². The van der Waals surface area contributed by atoms with E-state index in [9.17, 15) is 8.78 Å². The van der Waals surface area contributed by atoms with Crippen LogP contribution in [0.15, 0.2) is 48.5 Å². The number of benzene rings is 3. The first-order chi connectivity index (χ1) is 11.7. The molecule has 2 heteroatoms. The lowest BCUT2D eigenvalue weighted by molar-refractivity contribution is 0.476. The van der Waals surface area contributed by atoms with Gasteiger partial charge in [0.05, 0.1) is 0 Å². The molecule has 0 saturated carbocycles. The highest BCUT2D eigenvalue weighted by Gasteiger charge is 2.24. The lowest BCUT2D eigenvalue weighted by atomic mass is 9.79. The highest BCUT2D eigenvalue weighted by molar-refractivity contribution is 5.84. The van der Waals surface area contributed by atoms with Crippen molar-refractivity contribution >= 4 is 10.8 Å². The Labute approximate surface area is 141 Å². The van der Waals surface area contributed by atoms with Crippen LogP contribution < -0.4 is 0 Å². The highest BCUT2D eigenvalue weighted by atomic mass is 19.2. The summed E-state index contributed by atoms with van der Waals surface area (Å²) in [7, 11) is 0. The van der Waals surface area contributed by atoms with Gasteiger partial charge in [-0.15, -0.1) is 0 Å². The summed E-state index contributed by atoms with van der Waals surface area (Å²) in [5.74, 6) is -1.14. The standard InChI is InChI=1S/C22H20F2/c1-2-14-3-4-17-12-18(8-7-16(17)11-14)19-6-5-15-9-10-21(23)22(24)20(15)13-19/h3-4,7-12,19H,2,5-6,13H2,1H3. The number of aryl methyl sites for hydroxylation is 2. The van der Waals surface area contributed by atoms with Crippen molar-refractivity contribution in [3.63, 3.8) is 0 Å². The Balaban J connectivity index is 1.69. The summed E-state index contributed by atoms with van der Waals surface area (Å²) in [6, 6.07) is 16.0. The Morgan fingerprint density at radius 2 is 1.75 bits per heavy atom. The van der Waals surface area contributed by atoms with Gasteiger partial charge in [0, 0.05) is 0 Å². The average Bonchev–Trinajstić information content (AvgIpc) is 2.63. The van der Waals surface area contributed by atoms with Gasteiger partial charge in [-0.1, -0.05) is 49.4 Å². The van der Waals surface area contributed by atoms with Gasteiger partial charge in [0.1, 0.15) is 0 Å². The molecule has 1 unspecified atom stereocenters. The van der Waals surface area contributed by atoms with E-state index in [1.165, 1.54) is 28.0 Å². The molecule has 0 saturated heterocycles. The van der Waals surface area contributed by atoms with Crippen LogP contribution in [0.3, 0.4) is 0 Å². The highest BCUT2D eigenvalue weighted by Crippen LogP contribution is 2.35. The molecule has 122 valence electrons. The van der Waals surface area contributed by atoms with Gasteiger partial charge < -0.3 is 0 Å². The van der Waals surface area contributed by atoms with Crippen LogP contribution in [-0.2, 0) is 19.3 Å². The molecule has 0 fully saturated rings. The van der Waals surface area contributed by atoms with Gasteiger partial charge in [0.25, 0.3) is 0 Å². The smallest absolute Gasteiger partial charge is 0.162 e. The van der Waals surface area contributed by atoms with Gasteiger partial charge in [-0.25, -0.2) is 8.78 Å². The van der Waals surface area contributed by atoms with Crippen molar-refractivity contribution in [1.29, 1.82) is 0 Å². The van der Waals surface area contributed by atoms with Crippen LogP contribution in [0.4, 0.5) is 8.78 Å². The fraction of sp³-hybridized carbons (Fsp3) is 0.273. The summed E-state index contributed by atoms with van der Waals surface area (Å²) in [5, 5.41) is 2.46. The van der Waals surface area contributed by atoms with Crippen LogP contribution in [0.2, 0.25) is 0 Å². The molecule has 0 N–H and O–H groups in total. The second-order valence-corrected chi connectivity index (χ2v) is 6.73. The number of fused-ring (bicyclic) bond motifs is 2. The van der Waals surface area contributed by atoms with E-state index < -0.39 is 11.6 Å². The topological polar surface area (TPSA) is 0 Å². The second-order valence-electron chi connectivity index (χ2n) is 6.73. The van der Waals surface area contributed by atoms with E-state index in [0.29, 0.717) is 12.0 Å². The predicted octanol–water partition coefficient (Wildman–Crippen LogP) is 5.95. The SMILES string of the molecule is CCc1ccc2cc(C3CCc4ccc(F)c(F)c4C3)ccc2c1. The van der Waals surface area contributed by atoms with E-state index >= 15 is 0 Å². The quantitative estimate of drug-likeness (QED) is 0.546. The number of halogens is 2. The summed E-state index contributed by atoms with van der Waals surface area (Å²) in [4.78, 5) is 0. The molecule has 0 aliphatic heterocycles. The minimum Gasteiger partial charge on any atom is -0.204 e. The zero-order chi connectivity index (χ0) is 16.7. The van der Waals surface area contributed by atoms with Crippen LogP contribution in [0.5, 0.6) is 0 Å². The van der Waals surface area contributed by atoms with Crippen molar-refractivity contribution in [2.75, 3.05) is 0 Å². The Kier molecular flexibility index (Phi) is 3.84. The Morgan fingerprint density at radius 3 is 2.58 bits per heavy atom. The fourth-order valence-electron chi connectivity index (χ4n) is 3.84. The van der Waals surface area contributed by atoms with Crippen molar-refractivity contribution in [2.24, 2.45) is 0 Å². The second kappa shape index (κ2) is 6.01. The molecule has 3 aromatic rings. The summed E-state index contributed by atoms with van der Waals surface area (Å²) in [6.45, 7) is 2.16. The molecule has 24 heavy (non-hydrogen) atoms. The van der Waals surface area contributed by atoms with Crippen LogP contribution in [0.25, 0.3) is 10.8 Å². The molecule has 1 aliphatic carbocycles. The number of hydrogen-bond acceptors (Lipinski definition) is 0. The minimum atomic E-state index is -0.736. The molecule has 1 atom stereocenters. The van der Waals surface area contributed by atoms with Crippen LogP contribution in [0, 0.1) is 11.6 Å². The van der Waals surface area contributed by atoms with Gasteiger partial charge in [-0.2, -0.15) is 0 Å². The van der Waals surface area contributed by atoms with Crippen molar-refractivity contribution in [3.05, 3.63) is 82.4 Å². The third-order valence-electron chi connectivity index (χ3n) is 5.31. The maximum absolute atomic E-state index is 14.1. The third-order valence-corrected chi connectivity index (χ3v) is 5.31. The van der Waals surface area contributed by atoms with E-state index in [4.69, 9.17) is 0 Å². The molecule has 0 spiro atoms. The molecule has 3 aromatic carbocycles. The monoisotopic (exact) mass is 322 g/mol. The summed E-state index contributed by atoms with van der Waals surface area (Å²) in [6.07, 6.45) is 3.40. The minimum absolute atomic E-state index is 0.254. The van der Waals surface area contributed by atoms with E-state index in [1.54, 1.807) is 6.07 Å². The van der Waals surface area contributed by atoms with Crippen LogP contribution in [0.1, 0.15) is 41.5 Å². The number of hydrogen-bond donors (Lipinski definition) is 0. The Bertz CT molecular complexity index is 911. The first-order valence-electron chi connectivity index (χ1n) is 8.64. The molecule has 4 rings (SSSR count). The van der Waals surface area contributed by atoms with Crippen molar-refractivity contribution in [2.45, 2.75) is 38.5 Å². The molecule has 0 radical (unpaired) electrons. The van der Waals surface area contributed by atoms with Gasteiger partial charge in [-0.3, -0.25) is 0 Å².